The number of nitrogens with zero attached hydrogens (tertiary/aromatic N) is 2. The number of rotatable bonds is 1. The molecule has 1 fully saturated rings. The van der Waals surface area contributed by atoms with Crippen LogP contribution in [0.4, 0.5) is 5.69 Å². The number of carbonyl (C=O) groups excluding carboxylic acids is 1. The molecule has 1 aliphatic heterocycles. The molecule has 0 aromatic carbocycles. The maximum atomic E-state index is 12.4. The Kier molecular flexibility index (Phi) is 3.45. The van der Waals surface area contributed by atoms with Crippen molar-refractivity contribution in [2.24, 2.45) is 0 Å². The Morgan fingerprint density at radius 1 is 1.61 bits per heavy atom. The number of nitrogen functional groups attached to an aromatic ring is 1. The first-order valence-electron chi connectivity index (χ1n) is 5.73. The molecule has 98 valence electrons. The van der Waals surface area contributed by atoms with Gasteiger partial charge in [0.05, 0.1) is 29.7 Å². The minimum absolute atomic E-state index is 0.131. The van der Waals surface area contributed by atoms with Crippen LogP contribution >= 0.6 is 11.6 Å². The maximum absolute atomic E-state index is 12.4. The standard InChI is InChI=1S/C12H16ClN3O2/c1-12(2)7-16(3-4-18-12)11(17)8-5-10(13)15-6-9(8)14/h5-6H,3-4,7,14H2,1-2H3. The Labute approximate surface area is 111 Å². The van der Waals surface area contributed by atoms with Gasteiger partial charge in [-0.2, -0.15) is 0 Å². The highest BCUT2D eigenvalue weighted by molar-refractivity contribution is 6.29. The molecule has 0 atom stereocenters. The summed E-state index contributed by atoms with van der Waals surface area (Å²) < 4.78 is 5.57. The van der Waals surface area contributed by atoms with Crippen molar-refractivity contribution in [2.75, 3.05) is 25.4 Å². The lowest BCUT2D eigenvalue weighted by atomic mass is 10.1. The third-order valence-corrected chi connectivity index (χ3v) is 3.05. The van der Waals surface area contributed by atoms with Gasteiger partial charge in [-0.1, -0.05) is 11.6 Å². The van der Waals surface area contributed by atoms with E-state index >= 15 is 0 Å². The second-order valence-electron chi connectivity index (χ2n) is 4.93. The molecule has 2 heterocycles. The van der Waals surface area contributed by atoms with Crippen LogP contribution in [0.15, 0.2) is 12.3 Å². The third kappa shape index (κ3) is 2.73. The molecular weight excluding hydrogens is 254 g/mol. The van der Waals surface area contributed by atoms with E-state index < -0.39 is 0 Å². The molecule has 18 heavy (non-hydrogen) atoms. The average Bonchev–Trinajstić information content (AvgIpc) is 2.30. The number of morpholine rings is 1. The number of amides is 1. The molecule has 2 N–H and O–H groups in total. The SMILES string of the molecule is CC1(C)CN(C(=O)c2cc(Cl)ncc2N)CCO1. The van der Waals surface area contributed by atoms with Gasteiger partial charge in [-0.25, -0.2) is 4.98 Å². The van der Waals surface area contributed by atoms with E-state index in [-0.39, 0.29) is 16.7 Å². The van der Waals surface area contributed by atoms with E-state index in [1.165, 1.54) is 12.3 Å². The predicted molar refractivity (Wildman–Crippen MR) is 69.6 cm³/mol. The van der Waals surface area contributed by atoms with Crippen LogP contribution < -0.4 is 5.73 Å². The topological polar surface area (TPSA) is 68.5 Å². The largest absolute Gasteiger partial charge is 0.397 e. The first-order chi connectivity index (χ1) is 8.39. The van der Waals surface area contributed by atoms with Crippen LogP contribution in [-0.2, 0) is 4.74 Å². The van der Waals surface area contributed by atoms with Crippen LogP contribution in [0, 0.1) is 0 Å². The van der Waals surface area contributed by atoms with Gasteiger partial charge in [0.25, 0.3) is 5.91 Å². The van der Waals surface area contributed by atoms with E-state index in [1.807, 2.05) is 13.8 Å². The summed E-state index contributed by atoms with van der Waals surface area (Å²) in [6.07, 6.45) is 1.40. The van der Waals surface area contributed by atoms with Crippen molar-refractivity contribution in [1.29, 1.82) is 0 Å². The fourth-order valence-electron chi connectivity index (χ4n) is 1.99. The number of carbonyl (C=O) groups is 1. The summed E-state index contributed by atoms with van der Waals surface area (Å²) in [7, 11) is 0. The number of hydrogen-bond acceptors (Lipinski definition) is 4. The Hall–Kier alpha value is -1.33. The van der Waals surface area contributed by atoms with Gasteiger partial charge >= 0.3 is 0 Å². The van der Waals surface area contributed by atoms with Gasteiger partial charge < -0.3 is 15.4 Å². The maximum Gasteiger partial charge on any atom is 0.256 e. The van der Waals surface area contributed by atoms with Crippen molar-refractivity contribution in [3.63, 3.8) is 0 Å². The lowest BCUT2D eigenvalue weighted by Crippen LogP contribution is -2.50. The first kappa shape index (κ1) is 13.1. The number of anilines is 1. The molecule has 0 radical (unpaired) electrons. The second kappa shape index (κ2) is 4.74. The molecule has 0 aliphatic carbocycles. The molecule has 0 saturated carbocycles. The highest BCUT2D eigenvalue weighted by Gasteiger charge is 2.31. The normalized spacial score (nSPS) is 18.7. The van der Waals surface area contributed by atoms with E-state index in [0.29, 0.717) is 30.9 Å². The van der Waals surface area contributed by atoms with Gasteiger partial charge in [0, 0.05) is 13.1 Å². The molecule has 0 bridgehead atoms. The molecule has 1 saturated heterocycles. The smallest absolute Gasteiger partial charge is 0.256 e. The number of aromatic nitrogens is 1. The zero-order chi connectivity index (χ0) is 13.3. The van der Waals surface area contributed by atoms with Gasteiger partial charge in [0.2, 0.25) is 0 Å². The van der Waals surface area contributed by atoms with Crippen molar-refractivity contribution in [3.8, 4) is 0 Å². The minimum atomic E-state index is -0.334. The van der Waals surface area contributed by atoms with Crippen LogP contribution in [0.2, 0.25) is 5.15 Å². The highest BCUT2D eigenvalue weighted by atomic mass is 35.5. The lowest BCUT2D eigenvalue weighted by Gasteiger charge is -2.38. The predicted octanol–water partition coefficient (Wildman–Crippen LogP) is 1.57. The molecule has 1 aromatic heterocycles. The zero-order valence-electron chi connectivity index (χ0n) is 10.4. The quantitative estimate of drug-likeness (QED) is 0.786. The van der Waals surface area contributed by atoms with Gasteiger partial charge in [-0.3, -0.25) is 4.79 Å². The molecule has 2 rings (SSSR count). The van der Waals surface area contributed by atoms with E-state index in [9.17, 15) is 4.79 Å². The minimum Gasteiger partial charge on any atom is -0.397 e. The summed E-state index contributed by atoms with van der Waals surface area (Å²) in [5, 5.41) is 0.264. The molecule has 5 nitrogen and oxygen atoms in total. The third-order valence-electron chi connectivity index (χ3n) is 2.84. The van der Waals surface area contributed by atoms with Crippen molar-refractivity contribution in [2.45, 2.75) is 19.4 Å². The Balaban J connectivity index is 2.23. The monoisotopic (exact) mass is 269 g/mol. The number of halogens is 1. The van der Waals surface area contributed by atoms with Crippen LogP contribution in [-0.4, -0.2) is 41.1 Å². The van der Waals surface area contributed by atoms with E-state index in [1.54, 1.807) is 4.90 Å². The average molecular weight is 270 g/mol. The van der Waals surface area contributed by atoms with Crippen LogP contribution in [0.1, 0.15) is 24.2 Å². The molecule has 1 aromatic rings. The zero-order valence-corrected chi connectivity index (χ0v) is 11.2. The van der Waals surface area contributed by atoms with Crippen molar-refractivity contribution < 1.29 is 9.53 Å². The lowest BCUT2D eigenvalue weighted by molar-refractivity contribution is -0.0763. The van der Waals surface area contributed by atoms with Gasteiger partial charge in [0.15, 0.2) is 0 Å². The Morgan fingerprint density at radius 2 is 2.33 bits per heavy atom. The summed E-state index contributed by atoms with van der Waals surface area (Å²) in [5.41, 5.74) is 6.17. The first-order valence-corrected chi connectivity index (χ1v) is 6.11. The van der Waals surface area contributed by atoms with E-state index in [4.69, 9.17) is 22.1 Å². The highest BCUT2D eigenvalue weighted by Crippen LogP contribution is 2.22. The summed E-state index contributed by atoms with van der Waals surface area (Å²) in [6, 6.07) is 1.50. The second-order valence-corrected chi connectivity index (χ2v) is 5.32. The molecule has 1 amide bonds. The number of ether oxygens (including phenoxy) is 1. The van der Waals surface area contributed by atoms with Crippen LogP contribution in [0.25, 0.3) is 0 Å². The number of hydrogen-bond donors (Lipinski definition) is 1. The number of pyridine rings is 1. The fraction of sp³-hybridized carbons (Fsp3) is 0.500. The summed E-state index contributed by atoms with van der Waals surface area (Å²) >= 11 is 5.79. The van der Waals surface area contributed by atoms with E-state index in [2.05, 4.69) is 4.98 Å². The fourth-order valence-corrected chi connectivity index (χ4v) is 2.14. The van der Waals surface area contributed by atoms with Crippen LogP contribution in [0.3, 0.4) is 0 Å². The molecule has 0 unspecified atom stereocenters. The van der Waals surface area contributed by atoms with Gasteiger partial charge in [-0.05, 0) is 19.9 Å². The van der Waals surface area contributed by atoms with Crippen molar-refractivity contribution >= 4 is 23.2 Å². The van der Waals surface area contributed by atoms with Crippen LogP contribution in [0.5, 0.6) is 0 Å². The van der Waals surface area contributed by atoms with Gasteiger partial charge in [0.1, 0.15) is 5.15 Å². The van der Waals surface area contributed by atoms with Crippen molar-refractivity contribution in [1.82, 2.24) is 9.88 Å². The van der Waals surface area contributed by atoms with Gasteiger partial charge in [-0.15, -0.1) is 0 Å². The Bertz CT molecular complexity index is 476. The Morgan fingerprint density at radius 3 is 3.00 bits per heavy atom. The molecular formula is C12H16ClN3O2. The van der Waals surface area contributed by atoms with E-state index in [0.717, 1.165) is 0 Å². The summed E-state index contributed by atoms with van der Waals surface area (Å²) in [4.78, 5) is 17.9. The van der Waals surface area contributed by atoms with Crippen molar-refractivity contribution in [3.05, 3.63) is 23.0 Å². The molecule has 6 heteroatoms. The molecule has 0 spiro atoms. The molecule has 1 aliphatic rings. The number of nitrogens with two attached hydrogens (primary N) is 1. The summed E-state index contributed by atoms with van der Waals surface area (Å²) in [6.45, 7) is 5.52. The summed E-state index contributed by atoms with van der Waals surface area (Å²) in [5.74, 6) is -0.131.